The van der Waals surface area contributed by atoms with Gasteiger partial charge in [-0.3, -0.25) is 4.79 Å². The number of primary sulfonamides is 1. The molecule has 3 rings (SSSR count). The molecule has 0 radical (unpaired) electrons. The van der Waals surface area contributed by atoms with Gasteiger partial charge in [0.15, 0.2) is 0 Å². The molecule has 1 fully saturated rings. The van der Waals surface area contributed by atoms with Crippen molar-refractivity contribution < 1.29 is 27.1 Å². The van der Waals surface area contributed by atoms with E-state index < -0.39 is 51.2 Å². The number of carbonyl (C=O) groups excluding carboxylic acids is 1. The number of carbonyl (C=O) groups is 1. The fourth-order valence-electron chi connectivity index (χ4n) is 4.54. The van der Waals surface area contributed by atoms with E-state index in [4.69, 9.17) is 5.14 Å². The van der Waals surface area contributed by atoms with Crippen LogP contribution in [0.1, 0.15) is 31.9 Å². The van der Waals surface area contributed by atoms with Crippen LogP contribution >= 0.6 is 0 Å². The number of halogens is 2. The quantitative estimate of drug-likeness (QED) is 0.663. The summed E-state index contributed by atoms with van der Waals surface area (Å²) in [6.45, 7) is 4.57. The summed E-state index contributed by atoms with van der Waals surface area (Å²) in [7, 11) is -4.30. The molecule has 1 saturated heterocycles. The lowest BCUT2D eigenvalue weighted by molar-refractivity contribution is -0.149. The van der Waals surface area contributed by atoms with Gasteiger partial charge in [-0.05, 0) is 50.8 Å². The van der Waals surface area contributed by atoms with E-state index in [1.54, 1.807) is 12.1 Å². The van der Waals surface area contributed by atoms with Crippen LogP contribution in [0.5, 0.6) is 0 Å². The fourth-order valence-corrected chi connectivity index (χ4v) is 5.33. The molecule has 1 heterocycles. The average molecular weight is 481 g/mol. The van der Waals surface area contributed by atoms with Crippen molar-refractivity contribution in [2.45, 2.75) is 56.9 Å². The van der Waals surface area contributed by atoms with Crippen molar-refractivity contribution in [3.05, 3.63) is 59.7 Å². The topological polar surface area (TPSA) is 101 Å². The number of aliphatic hydroxyl groups is 1. The Labute approximate surface area is 193 Å². The molecule has 180 valence electrons. The molecule has 0 saturated carbocycles. The molecular formula is C24H30F2N2O4S. The molecule has 0 aromatic heterocycles. The van der Waals surface area contributed by atoms with Crippen LogP contribution in [0.2, 0.25) is 0 Å². The molecular weight excluding hydrogens is 450 g/mol. The van der Waals surface area contributed by atoms with Gasteiger partial charge in [0.05, 0.1) is 17.7 Å². The van der Waals surface area contributed by atoms with Crippen LogP contribution < -0.4 is 5.14 Å². The molecule has 3 N–H and O–H groups in total. The second kappa shape index (κ2) is 8.77. The zero-order valence-corrected chi connectivity index (χ0v) is 19.9. The number of nitrogens with two attached hydrogens (primary N) is 1. The summed E-state index contributed by atoms with van der Waals surface area (Å²) >= 11 is 0. The molecule has 9 heteroatoms. The number of hydrogen-bond acceptors (Lipinski definition) is 4. The number of nitrogens with zero attached hydrogens (tertiary/aromatic N) is 1. The van der Waals surface area contributed by atoms with Crippen molar-refractivity contribution >= 4 is 15.9 Å². The highest BCUT2D eigenvalue weighted by Gasteiger charge is 2.60. The normalized spacial score (nSPS) is 21.8. The summed E-state index contributed by atoms with van der Waals surface area (Å²) in [6.07, 6.45) is -0.0123. The standard InChI is InChI=1S/C24H30F2N2O4S/c1-15-7-5-9-18(11-15)19-10-6-8-17(12-19)13-20-21(16(2)33(27,31)32)24(25,26)14-28(20)22(29)23(3,4)30/h5-12,16,20-21,30H,13-14H2,1-4H3,(H2,27,31,32)/t16?,20-,21+/m0/s1. The van der Waals surface area contributed by atoms with Gasteiger partial charge < -0.3 is 10.0 Å². The second-order valence-electron chi connectivity index (χ2n) is 9.41. The molecule has 2 aromatic carbocycles. The van der Waals surface area contributed by atoms with Gasteiger partial charge in [-0.2, -0.15) is 0 Å². The molecule has 1 aliphatic rings. The minimum absolute atomic E-state index is 0.0123. The third-order valence-corrected chi connectivity index (χ3v) is 7.54. The number of sulfonamides is 1. The Bertz CT molecular complexity index is 1150. The number of benzene rings is 2. The number of hydrogen-bond donors (Lipinski definition) is 2. The van der Waals surface area contributed by atoms with Gasteiger partial charge in [-0.25, -0.2) is 22.3 Å². The van der Waals surface area contributed by atoms with Gasteiger partial charge in [-0.15, -0.1) is 0 Å². The molecule has 0 bridgehead atoms. The van der Waals surface area contributed by atoms with Crippen LogP contribution in [0.4, 0.5) is 8.78 Å². The van der Waals surface area contributed by atoms with Crippen molar-refractivity contribution in [3.63, 3.8) is 0 Å². The zero-order chi connectivity index (χ0) is 24.8. The van der Waals surface area contributed by atoms with Crippen LogP contribution in [-0.4, -0.2) is 53.7 Å². The van der Waals surface area contributed by atoms with Crippen molar-refractivity contribution in [2.75, 3.05) is 6.54 Å². The third-order valence-electron chi connectivity index (χ3n) is 6.22. The Morgan fingerprint density at radius 2 is 1.79 bits per heavy atom. The summed E-state index contributed by atoms with van der Waals surface area (Å²) in [6, 6.07) is 13.9. The highest BCUT2D eigenvalue weighted by atomic mass is 32.2. The largest absolute Gasteiger partial charge is 0.381 e. The summed E-state index contributed by atoms with van der Waals surface area (Å²) in [5.74, 6) is -6.10. The Morgan fingerprint density at radius 3 is 2.33 bits per heavy atom. The molecule has 1 aliphatic heterocycles. The molecule has 6 nitrogen and oxygen atoms in total. The van der Waals surface area contributed by atoms with Gasteiger partial charge in [0.25, 0.3) is 11.8 Å². The van der Waals surface area contributed by atoms with Crippen molar-refractivity contribution in [1.82, 2.24) is 4.90 Å². The Kier molecular flexibility index (Phi) is 6.72. The maximum Gasteiger partial charge on any atom is 0.271 e. The van der Waals surface area contributed by atoms with E-state index in [0.717, 1.165) is 28.5 Å². The van der Waals surface area contributed by atoms with E-state index in [1.165, 1.54) is 13.8 Å². The van der Waals surface area contributed by atoms with E-state index >= 15 is 8.78 Å². The van der Waals surface area contributed by atoms with Gasteiger partial charge >= 0.3 is 0 Å². The van der Waals surface area contributed by atoms with Crippen molar-refractivity contribution in [2.24, 2.45) is 11.1 Å². The predicted molar refractivity (Wildman–Crippen MR) is 123 cm³/mol. The highest BCUT2D eigenvalue weighted by Crippen LogP contribution is 2.43. The smallest absolute Gasteiger partial charge is 0.271 e. The van der Waals surface area contributed by atoms with Crippen LogP contribution in [0.3, 0.4) is 0 Å². The van der Waals surface area contributed by atoms with Gasteiger partial charge in [0, 0.05) is 6.04 Å². The SMILES string of the molecule is Cc1cccc(-c2cccc(C[C@H]3[C@@H](C(C)S(N)(=O)=O)C(F)(F)CN3C(=O)C(C)(C)O)c2)c1. The van der Waals surface area contributed by atoms with E-state index in [-0.39, 0.29) is 6.42 Å². The van der Waals surface area contributed by atoms with Crippen LogP contribution in [0.25, 0.3) is 11.1 Å². The Hall–Kier alpha value is -2.36. The predicted octanol–water partition coefficient (Wildman–Crippen LogP) is 3.11. The number of likely N-dealkylation sites (tertiary alicyclic amines) is 1. The highest BCUT2D eigenvalue weighted by molar-refractivity contribution is 7.89. The molecule has 33 heavy (non-hydrogen) atoms. The lowest BCUT2D eigenvalue weighted by Crippen LogP contribution is -2.51. The molecule has 1 amide bonds. The first kappa shape index (κ1) is 25.3. The zero-order valence-electron chi connectivity index (χ0n) is 19.1. The monoisotopic (exact) mass is 480 g/mol. The summed E-state index contributed by atoms with van der Waals surface area (Å²) in [5, 5.41) is 13.9. The van der Waals surface area contributed by atoms with Crippen molar-refractivity contribution in [3.8, 4) is 11.1 Å². The second-order valence-corrected chi connectivity index (χ2v) is 11.3. The fraction of sp³-hybridized carbons (Fsp3) is 0.458. The van der Waals surface area contributed by atoms with Crippen LogP contribution in [-0.2, 0) is 21.2 Å². The lowest BCUT2D eigenvalue weighted by atomic mass is 9.88. The molecule has 2 aromatic rings. The molecule has 0 aliphatic carbocycles. The number of aryl methyl sites for hydroxylation is 1. The van der Waals surface area contributed by atoms with Crippen LogP contribution in [0.15, 0.2) is 48.5 Å². The van der Waals surface area contributed by atoms with Gasteiger partial charge in [0.1, 0.15) is 5.60 Å². The Balaban J connectivity index is 2.05. The van der Waals surface area contributed by atoms with E-state index in [0.29, 0.717) is 5.56 Å². The third kappa shape index (κ3) is 5.42. The first-order valence-corrected chi connectivity index (χ1v) is 12.3. The minimum Gasteiger partial charge on any atom is -0.381 e. The number of rotatable bonds is 6. The summed E-state index contributed by atoms with van der Waals surface area (Å²) in [5.41, 5.74) is 1.66. The van der Waals surface area contributed by atoms with Crippen molar-refractivity contribution in [1.29, 1.82) is 0 Å². The maximum absolute atomic E-state index is 15.1. The van der Waals surface area contributed by atoms with Gasteiger partial charge in [0.2, 0.25) is 10.0 Å². The average Bonchev–Trinajstić information content (AvgIpc) is 2.95. The van der Waals surface area contributed by atoms with E-state index in [1.807, 2.05) is 43.3 Å². The lowest BCUT2D eigenvalue weighted by Gasteiger charge is -2.33. The molecule has 3 atom stereocenters. The molecule has 1 unspecified atom stereocenters. The van der Waals surface area contributed by atoms with E-state index in [2.05, 4.69) is 0 Å². The van der Waals surface area contributed by atoms with Crippen LogP contribution in [0, 0.1) is 12.8 Å². The number of alkyl halides is 2. The summed E-state index contributed by atoms with van der Waals surface area (Å²) < 4.78 is 54.3. The number of amides is 1. The summed E-state index contributed by atoms with van der Waals surface area (Å²) in [4.78, 5) is 13.8. The van der Waals surface area contributed by atoms with E-state index in [9.17, 15) is 18.3 Å². The molecule has 0 spiro atoms. The first-order chi connectivity index (χ1) is 15.1. The maximum atomic E-state index is 15.1. The van der Waals surface area contributed by atoms with Gasteiger partial charge in [-0.1, -0.05) is 54.1 Å². The minimum atomic E-state index is -4.30. The Morgan fingerprint density at radius 1 is 1.21 bits per heavy atom. The first-order valence-electron chi connectivity index (χ1n) is 10.7.